The lowest BCUT2D eigenvalue weighted by Gasteiger charge is -2.07. The van der Waals surface area contributed by atoms with Crippen LogP contribution in [-0.2, 0) is 4.79 Å². The Balaban J connectivity index is 1.56. The Morgan fingerprint density at radius 2 is 1.41 bits per heavy atom. The Morgan fingerprint density at radius 1 is 0.781 bits per heavy atom. The minimum atomic E-state index is -0.932. The van der Waals surface area contributed by atoms with Gasteiger partial charge in [-0.1, -0.05) is 78.4 Å². The molecule has 7 heteroatoms. The molecule has 0 unspecified atom stereocenters. The van der Waals surface area contributed by atoms with Crippen LogP contribution in [0.3, 0.4) is 0 Å². The van der Waals surface area contributed by atoms with Gasteiger partial charge in [-0.15, -0.1) is 0 Å². The highest BCUT2D eigenvalue weighted by Gasteiger charge is 2.21. The number of para-hydroxylation sites is 1. The number of carbonyl (C=O) groups is 3. The summed E-state index contributed by atoms with van der Waals surface area (Å²) in [4.78, 5) is 37.5. The third-order valence-electron chi connectivity index (χ3n) is 4.84. The minimum Gasteiger partial charge on any atom is -0.283 e. The van der Waals surface area contributed by atoms with E-state index in [1.165, 1.54) is 0 Å². The van der Waals surface area contributed by atoms with E-state index < -0.39 is 17.6 Å². The molecule has 158 valence electrons. The van der Waals surface area contributed by atoms with Crippen molar-refractivity contribution in [2.75, 3.05) is 0 Å². The van der Waals surface area contributed by atoms with E-state index in [9.17, 15) is 14.4 Å². The van der Waals surface area contributed by atoms with Gasteiger partial charge in [-0.2, -0.15) is 5.10 Å². The monoisotopic (exact) mass is 424 g/mol. The summed E-state index contributed by atoms with van der Waals surface area (Å²) in [7, 11) is 0. The lowest BCUT2D eigenvalue weighted by molar-refractivity contribution is -0.117. The normalized spacial score (nSPS) is 10.4. The quantitative estimate of drug-likeness (QED) is 0.291. The number of carbonyl (C=O) groups excluding carboxylic acids is 3. The number of nitrogens with one attached hydrogen (secondary N) is 2. The van der Waals surface area contributed by atoms with E-state index >= 15 is 0 Å². The standard InChI is InChI=1S/C25H20N4O3/c1-17-12-14-19(15-13-17)23(30)25(32)27-26-24(31)21-16-29(20-10-6-3-7-11-20)28-22(21)18-8-4-2-5-9-18/h2-16H,1H3,(H,26,31)(H,27,32). The maximum Gasteiger partial charge on any atom is 0.310 e. The third kappa shape index (κ3) is 4.46. The summed E-state index contributed by atoms with van der Waals surface area (Å²) >= 11 is 0. The van der Waals surface area contributed by atoms with Gasteiger partial charge in [0.2, 0.25) is 0 Å². The van der Waals surface area contributed by atoms with Crippen molar-refractivity contribution in [3.63, 3.8) is 0 Å². The van der Waals surface area contributed by atoms with Crippen LogP contribution < -0.4 is 10.9 Å². The molecular weight excluding hydrogens is 404 g/mol. The highest BCUT2D eigenvalue weighted by molar-refractivity contribution is 6.42. The molecule has 0 bridgehead atoms. The Morgan fingerprint density at radius 3 is 2.06 bits per heavy atom. The van der Waals surface area contributed by atoms with E-state index in [2.05, 4.69) is 16.0 Å². The largest absolute Gasteiger partial charge is 0.310 e. The first kappa shape index (κ1) is 20.7. The zero-order valence-corrected chi connectivity index (χ0v) is 17.3. The lowest BCUT2D eigenvalue weighted by Crippen LogP contribution is -2.45. The molecule has 0 aliphatic rings. The lowest BCUT2D eigenvalue weighted by atomic mass is 10.1. The number of ketones is 1. The third-order valence-corrected chi connectivity index (χ3v) is 4.84. The van der Waals surface area contributed by atoms with Gasteiger partial charge in [0.1, 0.15) is 5.69 Å². The molecule has 2 N–H and O–H groups in total. The number of aryl methyl sites for hydroxylation is 1. The van der Waals surface area contributed by atoms with Gasteiger partial charge in [0.25, 0.3) is 11.7 Å². The van der Waals surface area contributed by atoms with Gasteiger partial charge in [-0.25, -0.2) is 4.68 Å². The molecule has 0 saturated carbocycles. The van der Waals surface area contributed by atoms with Gasteiger partial charge in [-0.05, 0) is 19.1 Å². The van der Waals surface area contributed by atoms with E-state index in [4.69, 9.17) is 0 Å². The predicted molar refractivity (Wildman–Crippen MR) is 120 cm³/mol. The van der Waals surface area contributed by atoms with Gasteiger partial charge < -0.3 is 0 Å². The van der Waals surface area contributed by atoms with Gasteiger partial charge in [0.05, 0.1) is 11.3 Å². The smallest absolute Gasteiger partial charge is 0.283 e. The van der Waals surface area contributed by atoms with Gasteiger partial charge >= 0.3 is 5.91 Å². The van der Waals surface area contributed by atoms with E-state index in [1.807, 2.05) is 67.6 Å². The number of hydrogen-bond acceptors (Lipinski definition) is 4. The fourth-order valence-corrected chi connectivity index (χ4v) is 3.14. The van der Waals surface area contributed by atoms with Crippen molar-refractivity contribution >= 4 is 17.6 Å². The highest BCUT2D eigenvalue weighted by atomic mass is 16.2. The fraction of sp³-hybridized carbons (Fsp3) is 0.0400. The molecule has 7 nitrogen and oxygen atoms in total. The van der Waals surface area contributed by atoms with Crippen LogP contribution in [0.1, 0.15) is 26.3 Å². The van der Waals surface area contributed by atoms with Crippen molar-refractivity contribution in [3.8, 4) is 16.9 Å². The Hall–Kier alpha value is -4.52. The van der Waals surface area contributed by atoms with Crippen LogP contribution in [0.25, 0.3) is 16.9 Å². The second kappa shape index (κ2) is 9.09. The molecule has 1 heterocycles. The molecule has 0 fully saturated rings. The minimum absolute atomic E-state index is 0.240. The molecule has 32 heavy (non-hydrogen) atoms. The topological polar surface area (TPSA) is 93.1 Å². The molecule has 1 aromatic heterocycles. The second-order valence-electron chi connectivity index (χ2n) is 7.14. The number of aromatic nitrogens is 2. The van der Waals surface area contributed by atoms with Crippen LogP contribution in [0, 0.1) is 6.92 Å². The summed E-state index contributed by atoms with van der Waals surface area (Å²) in [6, 6.07) is 25.2. The average Bonchev–Trinajstić information content (AvgIpc) is 3.29. The van der Waals surface area contributed by atoms with Crippen LogP contribution in [-0.4, -0.2) is 27.4 Å². The average molecular weight is 424 g/mol. The Bertz CT molecular complexity index is 1260. The van der Waals surface area contributed by atoms with Gasteiger partial charge in [0.15, 0.2) is 0 Å². The van der Waals surface area contributed by atoms with Crippen molar-refractivity contribution < 1.29 is 14.4 Å². The predicted octanol–water partition coefficient (Wildman–Crippen LogP) is 3.49. The van der Waals surface area contributed by atoms with Crippen LogP contribution >= 0.6 is 0 Å². The Kier molecular flexibility index (Phi) is 5.89. The van der Waals surface area contributed by atoms with Crippen LogP contribution in [0.15, 0.2) is 91.1 Å². The zero-order chi connectivity index (χ0) is 22.5. The first-order valence-electron chi connectivity index (χ1n) is 9.95. The molecule has 0 radical (unpaired) electrons. The maximum absolute atomic E-state index is 12.9. The molecule has 0 spiro atoms. The Labute approximate surface area is 184 Å². The van der Waals surface area contributed by atoms with Crippen LogP contribution in [0.4, 0.5) is 0 Å². The summed E-state index contributed by atoms with van der Waals surface area (Å²) in [5.41, 5.74) is 7.96. The first-order chi connectivity index (χ1) is 15.5. The SMILES string of the molecule is Cc1ccc(C(=O)C(=O)NNC(=O)c2cn(-c3ccccc3)nc2-c2ccccc2)cc1. The van der Waals surface area contributed by atoms with Crippen molar-refractivity contribution in [2.45, 2.75) is 6.92 Å². The number of hydrogen-bond donors (Lipinski definition) is 2. The molecule has 3 aromatic carbocycles. The molecule has 2 amide bonds. The van der Waals surface area contributed by atoms with Gasteiger partial charge in [-0.3, -0.25) is 25.2 Å². The van der Waals surface area contributed by atoms with Crippen molar-refractivity contribution in [3.05, 3.63) is 108 Å². The zero-order valence-electron chi connectivity index (χ0n) is 17.3. The van der Waals surface area contributed by atoms with E-state index in [-0.39, 0.29) is 11.1 Å². The van der Waals surface area contributed by atoms with Crippen molar-refractivity contribution in [2.24, 2.45) is 0 Å². The van der Waals surface area contributed by atoms with Crippen molar-refractivity contribution in [1.82, 2.24) is 20.6 Å². The maximum atomic E-state index is 12.9. The summed E-state index contributed by atoms with van der Waals surface area (Å²) in [6.07, 6.45) is 1.58. The second-order valence-corrected chi connectivity index (χ2v) is 7.14. The molecule has 4 aromatic rings. The number of hydrazine groups is 1. The number of rotatable bonds is 5. The van der Waals surface area contributed by atoms with E-state index in [0.29, 0.717) is 5.69 Å². The summed E-state index contributed by atoms with van der Waals surface area (Å²) in [6.45, 7) is 1.88. The first-order valence-corrected chi connectivity index (χ1v) is 9.95. The highest BCUT2D eigenvalue weighted by Crippen LogP contribution is 2.23. The fourth-order valence-electron chi connectivity index (χ4n) is 3.14. The van der Waals surface area contributed by atoms with E-state index in [0.717, 1.165) is 16.8 Å². The van der Waals surface area contributed by atoms with Crippen molar-refractivity contribution in [1.29, 1.82) is 0 Å². The summed E-state index contributed by atoms with van der Waals surface area (Å²) in [5, 5.41) is 4.57. The molecule has 0 aliphatic heterocycles. The molecule has 0 aliphatic carbocycles. The van der Waals surface area contributed by atoms with E-state index in [1.54, 1.807) is 35.1 Å². The molecule has 4 rings (SSSR count). The number of benzene rings is 3. The molecule has 0 saturated heterocycles. The number of Topliss-reactive ketones (excluding diaryl/α,β-unsaturated/α-hetero) is 1. The summed E-state index contributed by atoms with van der Waals surface area (Å²) < 4.78 is 1.59. The van der Waals surface area contributed by atoms with Crippen LogP contribution in [0.5, 0.6) is 0 Å². The van der Waals surface area contributed by atoms with Crippen LogP contribution in [0.2, 0.25) is 0 Å². The number of amides is 2. The van der Waals surface area contributed by atoms with Gasteiger partial charge in [0, 0.05) is 17.3 Å². The molecule has 0 atom stereocenters. The molecular formula is C25H20N4O3. The number of nitrogens with zero attached hydrogens (tertiary/aromatic N) is 2. The summed E-state index contributed by atoms with van der Waals surface area (Å²) in [5.74, 6) is -2.26.